The molecule has 1 unspecified atom stereocenters. The summed E-state index contributed by atoms with van der Waals surface area (Å²) in [6, 6.07) is 3.85. The molecule has 5 heteroatoms. The molecule has 1 aliphatic heterocycles. The first-order chi connectivity index (χ1) is 10.6. The van der Waals surface area contributed by atoms with Gasteiger partial charge < -0.3 is 10.2 Å². The van der Waals surface area contributed by atoms with Gasteiger partial charge in [0.05, 0.1) is 5.41 Å². The molecular weight excluding hydrogens is 278 g/mol. The Morgan fingerprint density at radius 2 is 2.18 bits per heavy atom. The molecule has 2 amide bonds. The zero-order valence-electron chi connectivity index (χ0n) is 13.0. The number of hydrogen-bond acceptors (Lipinski definition) is 3. The molecule has 1 saturated carbocycles. The van der Waals surface area contributed by atoms with Crippen molar-refractivity contribution in [1.82, 2.24) is 15.2 Å². The number of piperidine rings is 1. The van der Waals surface area contributed by atoms with Crippen LogP contribution < -0.4 is 5.32 Å². The van der Waals surface area contributed by atoms with Gasteiger partial charge in [0.2, 0.25) is 11.8 Å². The predicted octanol–water partition coefficient (Wildman–Crippen LogP) is 1.63. The second kappa shape index (κ2) is 6.07. The predicted molar refractivity (Wildman–Crippen MR) is 83.2 cm³/mol. The highest BCUT2D eigenvalue weighted by molar-refractivity contribution is 5.89. The van der Waals surface area contributed by atoms with Crippen molar-refractivity contribution in [3.8, 4) is 0 Å². The van der Waals surface area contributed by atoms with Gasteiger partial charge >= 0.3 is 0 Å². The van der Waals surface area contributed by atoms with E-state index in [0.29, 0.717) is 13.0 Å². The van der Waals surface area contributed by atoms with Gasteiger partial charge in [-0.1, -0.05) is 18.9 Å². The molecule has 1 aliphatic carbocycles. The first-order valence-electron chi connectivity index (χ1n) is 8.07. The summed E-state index contributed by atoms with van der Waals surface area (Å²) < 4.78 is 0. The number of carbonyl (C=O) groups excluding carboxylic acids is 2. The van der Waals surface area contributed by atoms with Crippen LogP contribution in [0.4, 0.5) is 0 Å². The molecule has 22 heavy (non-hydrogen) atoms. The zero-order chi connectivity index (χ0) is 15.6. The number of carbonyl (C=O) groups is 2. The number of pyridine rings is 1. The van der Waals surface area contributed by atoms with E-state index in [2.05, 4.69) is 10.3 Å². The van der Waals surface area contributed by atoms with Gasteiger partial charge in [0.25, 0.3) is 0 Å². The quantitative estimate of drug-likeness (QED) is 0.923. The minimum atomic E-state index is -0.458. The molecule has 3 rings (SSSR count). The average molecular weight is 301 g/mol. The molecule has 0 spiro atoms. The first kappa shape index (κ1) is 15.0. The van der Waals surface area contributed by atoms with Crippen LogP contribution in [-0.2, 0) is 15.0 Å². The molecule has 1 atom stereocenters. The molecule has 0 bridgehead atoms. The van der Waals surface area contributed by atoms with Crippen LogP contribution in [0.3, 0.4) is 0 Å². The molecule has 2 fully saturated rings. The molecule has 1 saturated heterocycles. The Kier molecular flexibility index (Phi) is 4.14. The highest BCUT2D eigenvalue weighted by atomic mass is 16.2. The van der Waals surface area contributed by atoms with E-state index in [-0.39, 0.29) is 17.9 Å². The van der Waals surface area contributed by atoms with Crippen LogP contribution in [0.15, 0.2) is 24.5 Å². The van der Waals surface area contributed by atoms with Crippen molar-refractivity contribution in [3.63, 3.8) is 0 Å². The number of amides is 2. The third kappa shape index (κ3) is 2.72. The molecular formula is C17H23N3O2. The Bertz CT molecular complexity index is 552. The van der Waals surface area contributed by atoms with Gasteiger partial charge in [-0.15, -0.1) is 0 Å². The molecule has 0 radical (unpaired) electrons. The Balaban J connectivity index is 1.75. The molecule has 1 aromatic rings. The molecule has 1 N–H and O–H groups in total. The van der Waals surface area contributed by atoms with E-state index in [9.17, 15) is 9.59 Å². The van der Waals surface area contributed by atoms with Crippen molar-refractivity contribution in [2.45, 2.75) is 50.0 Å². The van der Waals surface area contributed by atoms with E-state index in [4.69, 9.17) is 0 Å². The fourth-order valence-electron chi connectivity index (χ4n) is 3.66. The van der Waals surface area contributed by atoms with Crippen molar-refractivity contribution in [3.05, 3.63) is 30.1 Å². The Morgan fingerprint density at radius 3 is 2.82 bits per heavy atom. The number of hydrogen-bond donors (Lipinski definition) is 1. The van der Waals surface area contributed by atoms with Gasteiger partial charge in [0.1, 0.15) is 0 Å². The lowest BCUT2D eigenvalue weighted by molar-refractivity contribution is -0.134. The number of nitrogens with one attached hydrogen (secondary N) is 1. The van der Waals surface area contributed by atoms with Crippen LogP contribution in [0.5, 0.6) is 0 Å². The van der Waals surface area contributed by atoms with E-state index in [1.54, 1.807) is 11.1 Å². The van der Waals surface area contributed by atoms with Gasteiger partial charge in [-0.2, -0.15) is 0 Å². The summed E-state index contributed by atoms with van der Waals surface area (Å²) in [6.45, 7) is 0.712. The third-order valence-corrected chi connectivity index (χ3v) is 5.10. The minimum Gasteiger partial charge on any atom is -0.352 e. The molecule has 2 aliphatic rings. The highest BCUT2D eigenvalue weighted by Crippen LogP contribution is 2.41. The highest BCUT2D eigenvalue weighted by Gasteiger charge is 2.43. The lowest BCUT2D eigenvalue weighted by Crippen LogP contribution is -2.51. The summed E-state index contributed by atoms with van der Waals surface area (Å²) >= 11 is 0. The van der Waals surface area contributed by atoms with E-state index >= 15 is 0 Å². The second-order valence-corrected chi connectivity index (χ2v) is 6.51. The Labute approximate surface area is 131 Å². The van der Waals surface area contributed by atoms with Crippen LogP contribution in [0.1, 0.15) is 44.1 Å². The zero-order valence-corrected chi connectivity index (χ0v) is 13.0. The maximum atomic E-state index is 13.0. The monoisotopic (exact) mass is 301 g/mol. The van der Waals surface area contributed by atoms with Crippen LogP contribution in [0.25, 0.3) is 0 Å². The second-order valence-electron chi connectivity index (χ2n) is 6.51. The summed E-state index contributed by atoms with van der Waals surface area (Å²) in [6.07, 6.45) is 8.65. The van der Waals surface area contributed by atoms with E-state index in [1.807, 2.05) is 25.4 Å². The van der Waals surface area contributed by atoms with Gasteiger partial charge in [0.15, 0.2) is 0 Å². The smallest absolute Gasteiger partial charge is 0.230 e. The summed E-state index contributed by atoms with van der Waals surface area (Å²) in [7, 11) is 1.81. The topological polar surface area (TPSA) is 62.3 Å². The number of likely N-dealkylation sites (tertiary alicyclic amines) is 1. The normalized spacial score (nSPS) is 24.3. The maximum absolute atomic E-state index is 13.0. The number of nitrogens with zero attached hydrogens (tertiary/aromatic N) is 2. The van der Waals surface area contributed by atoms with Crippen LogP contribution in [0.2, 0.25) is 0 Å². The summed E-state index contributed by atoms with van der Waals surface area (Å²) in [5.74, 6) is 0.179. The van der Waals surface area contributed by atoms with E-state index in [1.165, 1.54) is 0 Å². The SMILES string of the molecule is CN1CCC(NC(=O)C2(c3cccnc3)CCCC2)CC1=O. The van der Waals surface area contributed by atoms with Gasteiger partial charge in [-0.25, -0.2) is 0 Å². The maximum Gasteiger partial charge on any atom is 0.230 e. The van der Waals surface area contributed by atoms with Crippen LogP contribution in [-0.4, -0.2) is 41.3 Å². The third-order valence-electron chi connectivity index (χ3n) is 5.10. The first-order valence-corrected chi connectivity index (χ1v) is 8.07. The fraction of sp³-hybridized carbons (Fsp3) is 0.588. The molecule has 1 aromatic heterocycles. The summed E-state index contributed by atoms with van der Waals surface area (Å²) in [5.41, 5.74) is 0.546. The van der Waals surface area contributed by atoms with Crippen molar-refractivity contribution >= 4 is 11.8 Å². The van der Waals surface area contributed by atoms with Gasteiger partial charge in [-0.05, 0) is 30.9 Å². The van der Waals surface area contributed by atoms with Crippen LogP contribution >= 0.6 is 0 Å². The van der Waals surface area contributed by atoms with Crippen molar-refractivity contribution < 1.29 is 9.59 Å². The summed E-state index contributed by atoms with van der Waals surface area (Å²) in [5, 5.41) is 3.14. The standard InChI is InChI=1S/C17H23N3O2/c1-20-10-6-14(11-15(20)21)19-16(22)17(7-2-3-8-17)13-5-4-9-18-12-13/h4-5,9,12,14H,2-3,6-8,10-11H2,1H3,(H,19,22). The van der Waals surface area contributed by atoms with E-state index < -0.39 is 5.41 Å². The largest absolute Gasteiger partial charge is 0.352 e. The fourth-order valence-corrected chi connectivity index (χ4v) is 3.66. The Morgan fingerprint density at radius 1 is 1.41 bits per heavy atom. The molecule has 0 aromatic carbocycles. The van der Waals surface area contributed by atoms with Crippen molar-refractivity contribution in [1.29, 1.82) is 0 Å². The molecule has 2 heterocycles. The lowest BCUT2D eigenvalue weighted by atomic mass is 9.78. The number of rotatable bonds is 3. The average Bonchev–Trinajstić information content (AvgIpc) is 3.03. The number of aromatic nitrogens is 1. The molecule has 5 nitrogen and oxygen atoms in total. The van der Waals surface area contributed by atoms with E-state index in [0.717, 1.165) is 37.7 Å². The Hall–Kier alpha value is -1.91. The minimum absolute atomic E-state index is 0.0367. The summed E-state index contributed by atoms with van der Waals surface area (Å²) in [4.78, 5) is 30.7. The van der Waals surface area contributed by atoms with Crippen molar-refractivity contribution in [2.24, 2.45) is 0 Å². The van der Waals surface area contributed by atoms with Gasteiger partial charge in [0, 0.05) is 38.4 Å². The lowest BCUT2D eigenvalue weighted by Gasteiger charge is -2.33. The van der Waals surface area contributed by atoms with Crippen LogP contribution in [0, 0.1) is 0 Å². The molecule has 118 valence electrons. The van der Waals surface area contributed by atoms with Gasteiger partial charge in [-0.3, -0.25) is 14.6 Å². The van der Waals surface area contributed by atoms with Crippen molar-refractivity contribution in [2.75, 3.05) is 13.6 Å².